The van der Waals surface area contributed by atoms with Crippen molar-refractivity contribution in [2.45, 2.75) is 32.9 Å². The molecule has 0 fully saturated rings. The Hall–Kier alpha value is -3.61. The van der Waals surface area contributed by atoms with Crippen molar-refractivity contribution < 1.29 is 14.3 Å². The number of rotatable bonds is 4. The summed E-state index contributed by atoms with van der Waals surface area (Å²) in [6, 6.07) is 13.7. The molecule has 30 heavy (non-hydrogen) atoms. The van der Waals surface area contributed by atoms with Crippen molar-refractivity contribution in [1.29, 1.82) is 0 Å². The first-order valence-corrected chi connectivity index (χ1v) is 9.73. The van der Waals surface area contributed by atoms with Gasteiger partial charge in [0.1, 0.15) is 5.75 Å². The van der Waals surface area contributed by atoms with Gasteiger partial charge in [0.05, 0.1) is 24.1 Å². The van der Waals surface area contributed by atoms with E-state index in [1.807, 2.05) is 44.2 Å². The molecular weight excluding hydrogens is 380 g/mol. The summed E-state index contributed by atoms with van der Waals surface area (Å²) in [5.41, 5.74) is 2.77. The standard InChI is InChI=1S/C23H24N4O3/c1-15-6-5-7-17(10-15)13-27-14-18(12-24-27)25-21(28)23(3)22(29)26(4)19-11-16(2)8-9-20(19)30-23/h5-12,14H,13H2,1-4H3,(H,25,28). The summed E-state index contributed by atoms with van der Waals surface area (Å²) >= 11 is 0. The molecule has 154 valence electrons. The number of nitrogens with zero attached hydrogens (tertiary/aromatic N) is 3. The Kier molecular flexibility index (Phi) is 4.81. The first kappa shape index (κ1) is 19.7. The molecule has 4 rings (SSSR count). The number of carbonyl (C=O) groups is 2. The molecule has 2 amide bonds. The summed E-state index contributed by atoms with van der Waals surface area (Å²) in [6.45, 7) is 6.05. The van der Waals surface area contributed by atoms with Crippen LogP contribution in [0.25, 0.3) is 0 Å². The molecule has 3 aromatic rings. The van der Waals surface area contributed by atoms with Crippen LogP contribution in [-0.4, -0.2) is 34.2 Å². The Morgan fingerprint density at radius 3 is 2.70 bits per heavy atom. The molecule has 1 atom stereocenters. The highest BCUT2D eigenvalue weighted by atomic mass is 16.5. The van der Waals surface area contributed by atoms with Gasteiger partial charge in [0.2, 0.25) is 0 Å². The van der Waals surface area contributed by atoms with Crippen molar-refractivity contribution in [3.05, 3.63) is 71.5 Å². The lowest BCUT2D eigenvalue weighted by Gasteiger charge is -2.37. The van der Waals surface area contributed by atoms with Gasteiger partial charge in [-0.2, -0.15) is 5.10 Å². The molecule has 7 heteroatoms. The van der Waals surface area contributed by atoms with E-state index in [4.69, 9.17) is 4.74 Å². The molecule has 0 saturated heterocycles. The number of carbonyl (C=O) groups excluding carboxylic acids is 2. The quantitative estimate of drug-likeness (QED) is 0.677. The zero-order valence-electron chi connectivity index (χ0n) is 17.5. The molecule has 1 aliphatic heterocycles. The van der Waals surface area contributed by atoms with Gasteiger partial charge < -0.3 is 15.0 Å². The van der Waals surface area contributed by atoms with E-state index in [9.17, 15) is 9.59 Å². The zero-order valence-corrected chi connectivity index (χ0v) is 17.5. The van der Waals surface area contributed by atoms with E-state index in [1.165, 1.54) is 17.4 Å². The van der Waals surface area contributed by atoms with Crippen LogP contribution < -0.4 is 15.0 Å². The van der Waals surface area contributed by atoms with E-state index in [-0.39, 0.29) is 0 Å². The first-order chi connectivity index (χ1) is 14.3. The van der Waals surface area contributed by atoms with Gasteiger partial charge in [0.15, 0.2) is 0 Å². The molecule has 1 N–H and O–H groups in total. The van der Waals surface area contributed by atoms with Crippen LogP contribution in [-0.2, 0) is 16.1 Å². The first-order valence-electron chi connectivity index (χ1n) is 9.73. The van der Waals surface area contributed by atoms with Gasteiger partial charge in [0.25, 0.3) is 17.4 Å². The van der Waals surface area contributed by atoms with E-state index in [0.717, 1.165) is 11.1 Å². The lowest BCUT2D eigenvalue weighted by molar-refractivity contribution is -0.144. The minimum atomic E-state index is -1.67. The number of nitrogens with one attached hydrogen (secondary N) is 1. The molecule has 0 aliphatic carbocycles. The van der Waals surface area contributed by atoms with Gasteiger partial charge in [0, 0.05) is 13.2 Å². The third kappa shape index (κ3) is 3.54. The average molecular weight is 404 g/mol. The van der Waals surface area contributed by atoms with Crippen LogP contribution >= 0.6 is 0 Å². The van der Waals surface area contributed by atoms with Gasteiger partial charge in [-0.15, -0.1) is 0 Å². The number of hydrogen-bond donors (Lipinski definition) is 1. The predicted octanol–water partition coefficient (Wildman–Crippen LogP) is 3.30. The zero-order chi connectivity index (χ0) is 21.5. The maximum absolute atomic E-state index is 13.0. The van der Waals surface area contributed by atoms with Gasteiger partial charge in [-0.25, -0.2) is 0 Å². The lowest BCUT2D eigenvalue weighted by Crippen LogP contribution is -2.59. The van der Waals surface area contributed by atoms with E-state index >= 15 is 0 Å². The number of benzene rings is 2. The van der Waals surface area contributed by atoms with Crippen LogP contribution in [0.15, 0.2) is 54.9 Å². The molecule has 1 unspecified atom stereocenters. The highest BCUT2D eigenvalue weighted by Gasteiger charge is 2.49. The summed E-state index contributed by atoms with van der Waals surface area (Å²) < 4.78 is 7.61. The summed E-state index contributed by atoms with van der Waals surface area (Å²) in [7, 11) is 1.65. The van der Waals surface area contributed by atoms with Gasteiger partial charge in [-0.1, -0.05) is 35.9 Å². The predicted molar refractivity (Wildman–Crippen MR) is 115 cm³/mol. The van der Waals surface area contributed by atoms with Crippen molar-refractivity contribution in [1.82, 2.24) is 9.78 Å². The molecule has 2 heterocycles. The number of aromatic nitrogens is 2. The average Bonchev–Trinajstić information content (AvgIpc) is 3.13. The van der Waals surface area contributed by atoms with Crippen LogP contribution in [0.3, 0.4) is 0 Å². The SMILES string of the molecule is Cc1cccc(Cn2cc(NC(=O)C3(C)Oc4ccc(C)cc4N(C)C3=O)cn2)c1. The number of ether oxygens (including phenoxy) is 1. The molecule has 1 aliphatic rings. The largest absolute Gasteiger partial charge is 0.465 e. The van der Waals surface area contributed by atoms with E-state index in [1.54, 1.807) is 30.2 Å². The third-order valence-electron chi connectivity index (χ3n) is 5.25. The number of fused-ring (bicyclic) bond motifs is 1. The molecule has 7 nitrogen and oxygen atoms in total. The van der Waals surface area contributed by atoms with Crippen molar-refractivity contribution >= 4 is 23.2 Å². The molecule has 0 radical (unpaired) electrons. The Morgan fingerprint density at radius 2 is 1.93 bits per heavy atom. The Balaban J connectivity index is 1.52. The minimum Gasteiger partial charge on any atom is -0.465 e. The number of hydrogen-bond acceptors (Lipinski definition) is 4. The maximum Gasteiger partial charge on any atom is 0.280 e. The van der Waals surface area contributed by atoms with Crippen LogP contribution in [0.2, 0.25) is 0 Å². The highest BCUT2D eigenvalue weighted by molar-refractivity contribution is 6.19. The monoisotopic (exact) mass is 404 g/mol. The molecule has 0 saturated carbocycles. The number of anilines is 2. The van der Waals surface area contributed by atoms with Crippen molar-refractivity contribution in [2.24, 2.45) is 0 Å². The van der Waals surface area contributed by atoms with Crippen LogP contribution in [0.1, 0.15) is 23.6 Å². The summed E-state index contributed by atoms with van der Waals surface area (Å²) in [5, 5.41) is 7.08. The molecule has 1 aromatic heterocycles. The van der Waals surface area contributed by atoms with E-state index in [2.05, 4.69) is 16.5 Å². The minimum absolute atomic E-state index is 0.426. The lowest BCUT2D eigenvalue weighted by atomic mass is 10.00. The number of likely N-dealkylation sites (N-methyl/N-ethyl adjacent to an activating group) is 1. The number of aryl methyl sites for hydroxylation is 2. The molecule has 0 spiro atoms. The second-order valence-corrected chi connectivity index (χ2v) is 7.84. The molecular formula is C23H24N4O3. The second kappa shape index (κ2) is 7.33. The molecule has 2 aromatic carbocycles. The Labute approximate surface area is 175 Å². The van der Waals surface area contributed by atoms with Crippen LogP contribution in [0.4, 0.5) is 11.4 Å². The third-order valence-corrected chi connectivity index (χ3v) is 5.25. The molecule has 0 bridgehead atoms. The van der Waals surface area contributed by atoms with Gasteiger partial charge in [-0.05, 0) is 44.0 Å². The fraction of sp³-hybridized carbons (Fsp3) is 0.261. The maximum atomic E-state index is 13.0. The Bertz CT molecular complexity index is 1140. The van der Waals surface area contributed by atoms with Gasteiger partial charge >= 0.3 is 0 Å². The van der Waals surface area contributed by atoms with Gasteiger partial charge in [-0.3, -0.25) is 14.3 Å². The van der Waals surface area contributed by atoms with Crippen LogP contribution in [0, 0.1) is 13.8 Å². The van der Waals surface area contributed by atoms with Crippen LogP contribution in [0.5, 0.6) is 5.75 Å². The van der Waals surface area contributed by atoms with Crippen molar-refractivity contribution in [3.8, 4) is 5.75 Å². The number of amides is 2. The van der Waals surface area contributed by atoms with Crippen molar-refractivity contribution in [3.63, 3.8) is 0 Å². The fourth-order valence-corrected chi connectivity index (χ4v) is 3.57. The fourth-order valence-electron chi connectivity index (χ4n) is 3.57. The van der Waals surface area contributed by atoms with E-state index < -0.39 is 17.4 Å². The van der Waals surface area contributed by atoms with Crippen molar-refractivity contribution in [2.75, 3.05) is 17.3 Å². The summed E-state index contributed by atoms with van der Waals surface area (Å²) in [6.07, 6.45) is 3.29. The highest BCUT2D eigenvalue weighted by Crippen LogP contribution is 2.38. The summed E-state index contributed by atoms with van der Waals surface area (Å²) in [5.74, 6) is -0.471. The van der Waals surface area contributed by atoms with E-state index in [0.29, 0.717) is 23.7 Å². The smallest absolute Gasteiger partial charge is 0.280 e. The summed E-state index contributed by atoms with van der Waals surface area (Å²) in [4.78, 5) is 27.4. The Morgan fingerprint density at radius 1 is 1.17 bits per heavy atom. The second-order valence-electron chi connectivity index (χ2n) is 7.84. The topological polar surface area (TPSA) is 76.5 Å². The normalized spacial score (nSPS) is 18.0.